The number of likely N-dealkylation sites (tertiary alicyclic amines) is 1. The summed E-state index contributed by atoms with van der Waals surface area (Å²) in [5, 5.41) is 13.4. The summed E-state index contributed by atoms with van der Waals surface area (Å²) in [6.45, 7) is 8.39. The Hall–Kier alpha value is -3.63. The van der Waals surface area contributed by atoms with Gasteiger partial charge in [0.2, 0.25) is 12.3 Å². The van der Waals surface area contributed by atoms with Crippen LogP contribution in [0.15, 0.2) is 42.5 Å². The first-order chi connectivity index (χ1) is 18.1. The normalized spacial score (nSPS) is 19.8. The molecule has 0 aliphatic carbocycles. The number of carbonyl (C=O) groups is 3. The second-order valence-corrected chi connectivity index (χ2v) is 10.1. The van der Waals surface area contributed by atoms with Crippen LogP contribution in [0, 0.1) is 0 Å². The Kier molecular flexibility index (Phi) is 8.23. The molecule has 1 saturated heterocycles. The van der Waals surface area contributed by atoms with Gasteiger partial charge in [-0.25, -0.2) is 4.79 Å². The fourth-order valence-electron chi connectivity index (χ4n) is 5.05. The Morgan fingerprint density at radius 1 is 1.03 bits per heavy atom. The highest BCUT2D eigenvalue weighted by Crippen LogP contribution is 2.40. The number of hydrogen-bond acceptors (Lipinski definition) is 7. The predicted octanol–water partition coefficient (Wildman–Crippen LogP) is 3.19. The minimum absolute atomic E-state index is 0.0181. The molecule has 2 aromatic rings. The molecule has 38 heavy (non-hydrogen) atoms. The number of amides is 3. The maximum Gasteiger partial charge on any atom is 0.414 e. The smallest absolute Gasteiger partial charge is 0.414 e. The van der Waals surface area contributed by atoms with Crippen molar-refractivity contribution in [2.45, 2.75) is 58.7 Å². The number of anilines is 2. The van der Waals surface area contributed by atoms with Crippen LogP contribution in [0.1, 0.15) is 44.5 Å². The van der Waals surface area contributed by atoms with E-state index in [1.807, 2.05) is 37.3 Å². The zero-order valence-corrected chi connectivity index (χ0v) is 22.5. The molecular weight excluding hydrogens is 488 g/mol. The molecule has 3 atom stereocenters. The summed E-state index contributed by atoms with van der Waals surface area (Å²) in [6.07, 6.45) is -1.16. The van der Waals surface area contributed by atoms with E-state index in [4.69, 9.17) is 9.47 Å². The van der Waals surface area contributed by atoms with Crippen LogP contribution in [0.2, 0.25) is 0 Å². The minimum Gasteiger partial charge on any atom is -0.446 e. The zero-order valence-electron chi connectivity index (χ0n) is 22.5. The number of benzene rings is 2. The van der Waals surface area contributed by atoms with E-state index in [0.29, 0.717) is 36.6 Å². The van der Waals surface area contributed by atoms with E-state index < -0.39 is 12.5 Å². The molecule has 2 aliphatic rings. The van der Waals surface area contributed by atoms with Crippen LogP contribution in [0.5, 0.6) is 0 Å². The number of nitrogens with one attached hydrogen (secondary N) is 1. The number of aliphatic hydroxyl groups excluding tert-OH is 1. The van der Waals surface area contributed by atoms with Crippen molar-refractivity contribution in [1.82, 2.24) is 10.2 Å². The highest BCUT2D eigenvalue weighted by Gasteiger charge is 2.36. The lowest BCUT2D eigenvalue weighted by Crippen LogP contribution is -2.54. The van der Waals surface area contributed by atoms with Gasteiger partial charge in [0.15, 0.2) is 0 Å². The second-order valence-electron chi connectivity index (χ2n) is 10.1. The van der Waals surface area contributed by atoms with Gasteiger partial charge in [-0.3, -0.25) is 14.5 Å². The summed E-state index contributed by atoms with van der Waals surface area (Å²) in [6, 6.07) is 12.7. The molecule has 1 fully saturated rings. The Morgan fingerprint density at radius 3 is 2.34 bits per heavy atom. The molecule has 0 spiro atoms. The average Bonchev–Trinajstić information content (AvgIpc) is 3.34. The Morgan fingerprint density at radius 2 is 1.71 bits per heavy atom. The van der Waals surface area contributed by atoms with E-state index in [1.54, 1.807) is 40.7 Å². The fourth-order valence-corrected chi connectivity index (χ4v) is 5.05. The number of rotatable bonds is 6. The molecule has 2 aromatic carbocycles. The van der Waals surface area contributed by atoms with Gasteiger partial charge in [-0.2, -0.15) is 0 Å². The van der Waals surface area contributed by atoms with Gasteiger partial charge in [-0.15, -0.1) is 0 Å². The topological polar surface area (TPSA) is 112 Å². The van der Waals surface area contributed by atoms with Crippen molar-refractivity contribution < 1.29 is 29.0 Å². The molecule has 2 N–H and O–H groups in total. The summed E-state index contributed by atoms with van der Waals surface area (Å²) in [5.41, 5.74) is 3.54. The van der Waals surface area contributed by atoms with Crippen LogP contribution in [-0.4, -0.2) is 79.3 Å². The summed E-state index contributed by atoms with van der Waals surface area (Å²) in [7, 11) is 1.43. The Labute approximate surface area is 223 Å². The van der Waals surface area contributed by atoms with Gasteiger partial charge in [0, 0.05) is 51.3 Å². The largest absolute Gasteiger partial charge is 0.446 e. The van der Waals surface area contributed by atoms with Crippen LogP contribution < -0.4 is 15.1 Å². The third-order valence-corrected chi connectivity index (χ3v) is 6.82. The van der Waals surface area contributed by atoms with Gasteiger partial charge >= 0.3 is 6.09 Å². The minimum atomic E-state index is -1.17. The average molecular weight is 525 g/mol. The van der Waals surface area contributed by atoms with Crippen molar-refractivity contribution in [2.24, 2.45) is 0 Å². The second kappa shape index (κ2) is 11.4. The number of aliphatic hydroxyl groups is 1. The fraction of sp³-hybridized carbons (Fsp3) is 0.464. The summed E-state index contributed by atoms with van der Waals surface area (Å²) < 4.78 is 10.7. The van der Waals surface area contributed by atoms with Crippen LogP contribution in [0.25, 0.3) is 11.1 Å². The van der Waals surface area contributed by atoms with Gasteiger partial charge in [0.05, 0.1) is 17.5 Å². The maximum atomic E-state index is 13.0. The molecule has 204 valence electrons. The number of nitrogens with zero attached hydrogens (tertiary/aromatic N) is 3. The standard InChI is InChI=1S/C28H36N4O6/c1-17(2)38-27(35)31-15-18(3)32(28(36)37-5)24-11-10-22(14-25(24)31)20-6-8-21(9-7-20)26(34)30-13-12-23(16-30)29-19(4)33/h6-11,14,17-18,23,28,36H,12-13,15-16H2,1-5H3,(H,29,33)/t18-,23-,28?/m0/s1. The summed E-state index contributed by atoms with van der Waals surface area (Å²) >= 11 is 0. The van der Waals surface area contributed by atoms with Gasteiger partial charge in [-0.1, -0.05) is 18.2 Å². The first-order valence-corrected chi connectivity index (χ1v) is 12.9. The van der Waals surface area contributed by atoms with E-state index in [9.17, 15) is 19.5 Å². The lowest BCUT2D eigenvalue weighted by atomic mass is 10.00. The Bertz CT molecular complexity index is 1180. The molecule has 4 rings (SSSR count). The molecule has 0 saturated carbocycles. The van der Waals surface area contributed by atoms with E-state index >= 15 is 0 Å². The molecule has 2 heterocycles. The quantitative estimate of drug-likeness (QED) is 0.559. The third-order valence-electron chi connectivity index (χ3n) is 6.82. The predicted molar refractivity (Wildman–Crippen MR) is 144 cm³/mol. The number of methoxy groups -OCH3 is 1. The molecule has 10 nitrogen and oxygen atoms in total. The van der Waals surface area contributed by atoms with Gasteiger partial charge < -0.3 is 29.7 Å². The van der Waals surface area contributed by atoms with Crippen molar-refractivity contribution in [1.29, 1.82) is 0 Å². The molecule has 10 heteroatoms. The first kappa shape index (κ1) is 27.4. The van der Waals surface area contributed by atoms with Gasteiger partial charge in [0.25, 0.3) is 5.91 Å². The molecule has 1 unspecified atom stereocenters. The Balaban J connectivity index is 1.60. The van der Waals surface area contributed by atoms with Crippen LogP contribution in [-0.2, 0) is 14.3 Å². The zero-order chi connectivity index (χ0) is 27.6. The van der Waals surface area contributed by atoms with Crippen molar-refractivity contribution in [3.8, 4) is 11.1 Å². The molecular formula is C28H36N4O6. The van der Waals surface area contributed by atoms with Crippen LogP contribution in [0.4, 0.5) is 16.2 Å². The highest BCUT2D eigenvalue weighted by molar-refractivity contribution is 5.97. The third kappa shape index (κ3) is 5.76. The number of carbonyl (C=O) groups excluding carboxylic acids is 3. The number of fused-ring (bicyclic) bond motifs is 1. The SMILES string of the molecule is COC(O)N1c2ccc(-c3ccc(C(=O)N4CC[C@H](NC(C)=O)C4)cc3)cc2N(C(=O)OC(C)C)C[C@@H]1C. The highest BCUT2D eigenvalue weighted by atomic mass is 16.6. The number of ether oxygens (including phenoxy) is 2. The van der Waals surface area contributed by atoms with Gasteiger partial charge in [0.1, 0.15) is 0 Å². The van der Waals surface area contributed by atoms with E-state index in [0.717, 1.165) is 17.5 Å². The van der Waals surface area contributed by atoms with Gasteiger partial charge in [-0.05, 0) is 62.6 Å². The summed E-state index contributed by atoms with van der Waals surface area (Å²) in [4.78, 5) is 42.4. The van der Waals surface area contributed by atoms with Crippen LogP contribution >= 0.6 is 0 Å². The molecule has 0 aromatic heterocycles. The van der Waals surface area contributed by atoms with E-state index in [2.05, 4.69) is 5.32 Å². The lowest BCUT2D eigenvalue weighted by molar-refractivity contribution is -0.119. The maximum absolute atomic E-state index is 13.0. The van der Waals surface area contributed by atoms with Crippen molar-refractivity contribution >= 4 is 29.3 Å². The molecule has 0 radical (unpaired) electrons. The van der Waals surface area contributed by atoms with E-state index in [1.165, 1.54) is 14.0 Å². The molecule has 2 aliphatic heterocycles. The summed E-state index contributed by atoms with van der Waals surface area (Å²) in [5.74, 6) is -0.167. The van der Waals surface area contributed by atoms with E-state index in [-0.39, 0.29) is 30.0 Å². The molecule has 0 bridgehead atoms. The van der Waals surface area contributed by atoms with Crippen LogP contribution in [0.3, 0.4) is 0 Å². The number of hydrogen-bond donors (Lipinski definition) is 2. The first-order valence-electron chi connectivity index (χ1n) is 12.9. The molecule has 3 amide bonds. The van der Waals surface area contributed by atoms with Crippen molar-refractivity contribution in [2.75, 3.05) is 36.5 Å². The lowest BCUT2D eigenvalue weighted by Gasteiger charge is -2.43. The van der Waals surface area contributed by atoms with Crippen molar-refractivity contribution in [3.63, 3.8) is 0 Å². The monoisotopic (exact) mass is 524 g/mol. The van der Waals surface area contributed by atoms with Crippen molar-refractivity contribution in [3.05, 3.63) is 48.0 Å².